The van der Waals surface area contributed by atoms with Crippen LogP contribution in [-0.2, 0) is 0 Å². The highest BCUT2D eigenvalue weighted by Gasteiger charge is 0.188. The Bertz CT molecular complexity index is 12.0. The molecule has 0 bridgehead atoms. The van der Waals surface area contributed by atoms with Gasteiger partial charge in [0.05, 0.1) is 0 Å². The molecule has 0 atom stereocenters. The molecule has 0 aliphatic carbocycles. The van der Waals surface area contributed by atoms with Crippen LogP contribution in [0.25, 0.3) is 0 Å². The Balaban J connectivity index is 0. The summed E-state index contributed by atoms with van der Waals surface area (Å²) < 4.78 is 0. The van der Waals surface area contributed by atoms with Crippen LogP contribution >= 0.6 is 24.8 Å². The van der Waals surface area contributed by atoms with Gasteiger partial charge in [-0.2, -0.15) is 0 Å². The molecule has 0 amide bonds. The summed E-state index contributed by atoms with van der Waals surface area (Å²) in [6, 6.07) is 0. The van der Waals surface area contributed by atoms with E-state index in [1.54, 1.807) is 0 Å². The predicted molar refractivity (Wildman–Crippen MR) is 48.8 cm³/mol. The van der Waals surface area contributed by atoms with Crippen LogP contribution in [0.4, 0.5) is 0 Å². The monoisotopic (exact) mass is 204 g/mol. The van der Waals surface area contributed by atoms with Crippen molar-refractivity contribution in [3.63, 3.8) is 0 Å². The quantitative estimate of drug-likeness (QED) is 0.351. The summed E-state index contributed by atoms with van der Waals surface area (Å²) >= 11 is 0. The Hall–Kier alpha value is 1.48. The van der Waals surface area contributed by atoms with Crippen molar-refractivity contribution in [1.29, 1.82) is 0 Å². The molecule has 0 saturated heterocycles. The average Bonchev–Trinajstić information content (AvgIpc) is 0. The van der Waals surface area contributed by atoms with Gasteiger partial charge in [0.1, 0.15) is 0 Å². The highest BCUT2D eigenvalue weighted by Crippen LogP contribution is 0.691. The average molecular weight is 205 g/mol. The lowest BCUT2D eigenvalue weighted by Gasteiger charge is -0.413. The maximum absolute atomic E-state index is 0. The Labute approximate surface area is 81.3 Å². The van der Waals surface area contributed by atoms with E-state index in [0.29, 0.717) is 0 Å². The molecular weight excluding hydrogens is 189 g/mol. The summed E-state index contributed by atoms with van der Waals surface area (Å²) in [6.07, 6.45) is 0. The third kappa shape index (κ3) is 143. The Morgan fingerprint density at radius 2 is 0.375 bits per heavy atom. The second-order valence-electron chi connectivity index (χ2n) is 0. The fourth-order valence-electron chi connectivity index (χ4n) is 0. The SMILES string of the molecule is Cl.Cl.O.O.O.O.[AlH3].[AlH3]. The lowest BCUT2D eigenvalue weighted by Crippen LogP contribution is -0.382. The van der Waals surface area contributed by atoms with Gasteiger partial charge in [-0.05, 0) is 0 Å². The van der Waals surface area contributed by atoms with E-state index in [1.807, 2.05) is 0 Å². The molecule has 0 aromatic carbocycles. The summed E-state index contributed by atoms with van der Waals surface area (Å²) in [7, 11) is 0. The molecular formula is H16Al2Cl2O4. The van der Waals surface area contributed by atoms with Crippen molar-refractivity contribution < 1.29 is 21.9 Å². The first kappa shape index (κ1) is 310. The minimum absolute atomic E-state index is 0. The minimum Gasteiger partial charge on any atom is -0.412 e. The fourth-order valence-corrected chi connectivity index (χ4v) is 0. The molecule has 8 N–H and O–H groups in total. The van der Waals surface area contributed by atoms with Gasteiger partial charge in [-0.3, -0.25) is 0 Å². The van der Waals surface area contributed by atoms with Crippen LogP contribution in [0.1, 0.15) is 0 Å². The summed E-state index contributed by atoms with van der Waals surface area (Å²) in [5.41, 5.74) is 0. The molecule has 60 valence electrons. The second kappa shape index (κ2) is 216. The van der Waals surface area contributed by atoms with Crippen LogP contribution in [0.2, 0.25) is 0 Å². The number of halogens is 2. The zero-order valence-electron chi connectivity index (χ0n) is 2.82. The molecule has 0 spiro atoms. The highest BCUT2D eigenvalue weighted by atomic mass is 35.5. The van der Waals surface area contributed by atoms with Gasteiger partial charge in [-0.1, -0.05) is 0 Å². The predicted octanol–water partition coefficient (Wildman–Crippen LogP) is -4.82. The smallest absolute Gasteiger partial charge is 0.187 e. The Morgan fingerprint density at radius 1 is 0.375 bits per heavy atom. The molecule has 4 nitrogen and oxygen atoms in total. The van der Waals surface area contributed by atoms with Crippen molar-refractivity contribution in [2.45, 2.75) is 0 Å². The van der Waals surface area contributed by atoms with Crippen molar-refractivity contribution in [2.24, 2.45) is 0 Å². The lowest BCUT2D eigenvalue weighted by atomic mass is 16.0. The van der Waals surface area contributed by atoms with Gasteiger partial charge in [0.2, 0.25) is 0 Å². The zero-order valence-corrected chi connectivity index (χ0v) is 4.45. The first-order valence-electron chi connectivity index (χ1n) is 0. The van der Waals surface area contributed by atoms with Crippen LogP contribution in [0.3, 0.4) is 0 Å². The van der Waals surface area contributed by atoms with E-state index in [9.17, 15) is 0 Å². The van der Waals surface area contributed by atoms with Gasteiger partial charge in [-0.25, -0.2) is 0 Å². The molecule has 0 saturated carbocycles. The van der Waals surface area contributed by atoms with E-state index in [1.165, 1.54) is 0 Å². The van der Waals surface area contributed by atoms with Crippen molar-refractivity contribution in [1.82, 2.24) is 0 Å². The van der Waals surface area contributed by atoms with Crippen molar-refractivity contribution in [3.8, 4) is 0 Å². The molecule has 0 unspecified atom stereocenters. The van der Waals surface area contributed by atoms with Crippen molar-refractivity contribution >= 4 is 59.5 Å². The van der Waals surface area contributed by atoms with Crippen LogP contribution in [-0.4, -0.2) is 56.6 Å². The zero-order chi connectivity index (χ0) is 0. The maximum Gasteiger partial charge on any atom is 0.187 e. The molecule has 0 aromatic rings. The summed E-state index contributed by atoms with van der Waals surface area (Å²) in [5.74, 6) is 0. The summed E-state index contributed by atoms with van der Waals surface area (Å²) in [4.78, 5) is 0. The molecule has 0 aliphatic heterocycles. The molecule has 0 aliphatic rings. The number of hydrogen-bond acceptors (Lipinski definition) is 0. The third-order valence-corrected chi connectivity index (χ3v) is 0. The molecule has 0 radical (unpaired) electrons. The first-order valence-corrected chi connectivity index (χ1v) is 0. The standard InChI is InChI=1S/2Al.2ClH.4H2O.6H/h;;2*1H;4*1H2;;;;;;. The second-order valence-corrected chi connectivity index (χ2v) is 0. The fraction of sp³-hybridized carbons (Fsp3) is 0. The summed E-state index contributed by atoms with van der Waals surface area (Å²) in [5, 5.41) is 0. The molecule has 0 rings (SSSR count). The number of hydrogen-bond donors (Lipinski definition) is 0. The largest absolute Gasteiger partial charge is 0.412 e. The third-order valence-electron chi connectivity index (χ3n) is 0. The van der Waals surface area contributed by atoms with Gasteiger partial charge in [0, 0.05) is 0 Å². The van der Waals surface area contributed by atoms with Gasteiger partial charge in [-0.15, -0.1) is 24.8 Å². The minimum atomic E-state index is 0. The summed E-state index contributed by atoms with van der Waals surface area (Å²) in [6.45, 7) is 0. The van der Waals surface area contributed by atoms with E-state index in [2.05, 4.69) is 0 Å². The van der Waals surface area contributed by atoms with E-state index in [-0.39, 0.29) is 81.4 Å². The Morgan fingerprint density at radius 3 is 0.375 bits per heavy atom. The number of rotatable bonds is 0. The lowest BCUT2D eigenvalue weighted by molar-refractivity contribution is 0.823. The van der Waals surface area contributed by atoms with Gasteiger partial charge < -0.3 is 21.9 Å². The first-order chi connectivity index (χ1) is 0. The Kier molecular flexibility index (Phi) is 8350. The van der Waals surface area contributed by atoms with E-state index in [0.717, 1.165) is 0 Å². The van der Waals surface area contributed by atoms with Crippen LogP contribution < -0.4 is 0 Å². The maximum atomic E-state index is 0. The highest BCUT2D eigenvalue weighted by molar-refractivity contribution is 5.85. The molecule has 0 fully saturated rings. The van der Waals surface area contributed by atoms with Crippen LogP contribution in [0, 0.1) is 0 Å². The van der Waals surface area contributed by atoms with Crippen molar-refractivity contribution in [3.05, 3.63) is 0 Å². The van der Waals surface area contributed by atoms with Gasteiger partial charge in [0.15, 0.2) is 34.7 Å². The normalized spacial score (nSPS) is 0. The van der Waals surface area contributed by atoms with Gasteiger partial charge >= 0.3 is 0 Å². The van der Waals surface area contributed by atoms with Gasteiger partial charge in [0.25, 0.3) is 0 Å². The molecule has 0 aromatic heterocycles. The van der Waals surface area contributed by atoms with E-state index in [4.69, 9.17) is 0 Å². The molecule has 8 heteroatoms. The topological polar surface area (TPSA) is 126 Å². The van der Waals surface area contributed by atoms with Crippen LogP contribution in [0.15, 0.2) is 0 Å². The van der Waals surface area contributed by atoms with Crippen LogP contribution in [0.5, 0.6) is 0 Å². The van der Waals surface area contributed by atoms with Crippen molar-refractivity contribution in [2.75, 3.05) is 0 Å². The van der Waals surface area contributed by atoms with E-state index < -0.39 is 0 Å². The van der Waals surface area contributed by atoms with E-state index >= 15 is 0 Å². The molecule has 8 heavy (non-hydrogen) atoms. The molecule has 0 heterocycles.